The van der Waals surface area contributed by atoms with Crippen molar-refractivity contribution < 1.29 is 4.79 Å². The molecule has 1 aliphatic rings. The smallest absolute Gasteiger partial charge is 0.324 e. The molecular formula is C15H23N3O. The average Bonchev–Trinajstić information content (AvgIpc) is 2.68. The fourth-order valence-corrected chi connectivity index (χ4v) is 2.55. The third-order valence-corrected chi connectivity index (χ3v) is 3.61. The van der Waals surface area contributed by atoms with Crippen LogP contribution >= 0.6 is 0 Å². The molecule has 0 radical (unpaired) electrons. The first kappa shape index (κ1) is 13.7. The van der Waals surface area contributed by atoms with Crippen LogP contribution < -0.4 is 10.6 Å². The third kappa shape index (κ3) is 3.40. The van der Waals surface area contributed by atoms with Crippen molar-refractivity contribution in [1.29, 1.82) is 0 Å². The van der Waals surface area contributed by atoms with Gasteiger partial charge in [-0.25, -0.2) is 4.79 Å². The molecule has 2 N–H and O–H groups in total. The fraction of sp³-hybridized carbons (Fsp3) is 0.533. The van der Waals surface area contributed by atoms with E-state index in [0.717, 1.165) is 31.6 Å². The van der Waals surface area contributed by atoms with E-state index in [1.807, 2.05) is 41.0 Å². The number of benzene rings is 1. The Morgan fingerprint density at radius 2 is 1.95 bits per heavy atom. The lowest BCUT2D eigenvalue weighted by molar-refractivity contribution is 0.207. The van der Waals surface area contributed by atoms with Crippen LogP contribution in [-0.4, -0.2) is 30.6 Å². The maximum Gasteiger partial charge on any atom is 0.324 e. The van der Waals surface area contributed by atoms with Crippen molar-refractivity contribution >= 4 is 17.4 Å². The molecule has 0 bridgehead atoms. The summed E-state index contributed by atoms with van der Waals surface area (Å²) >= 11 is 0. The summed E-state index contributed by atoms with van der Waals surface area (Å²) in [5.41, 5.74) is 7.38. The van der Waals surface area contributed by atoms with Gasteiger partial charge in [-0.05, 0) is 38.0 Å². The highest BCUT2D eigenvalue weighted by Gasteiger charge is 2.21. The molecule has 4 nitrogen and oxygen atoms in total. The number of rotatable bonds is 2. The predicted octanol–water partition coefficient (Wildman–Crippen LogP) is 3.09. The highest BCUT2D eigenvalue weighted by atomic mass is 16.2. The molecule has 0 spiro atoms. The van der Waals surface area contributed by atoms with Crippen LogP contribution in [0.25, 0.3) is 0 Å². The van der Waals surface area contributed by atoms with E-state index < -0.39 is 0 Å². The molecule has 1 saturated heterocycles. The van der Waals surface area contributed by atoms with Crippen LogP contribution in [0.2, 0.25) is 0 Å². The lowest BCUT2D eigenvalue weighted by atomic mass is 10.2. The highest BCUT2D eigenvalue weighted by molar-refractivity contribution is 5.92. The molecule has 19 heavy (non-hydrogen) atoms. The number of hydrogen-bond donors (Lipinski definition) is 1. The molecule has 2 amide bonds. The van der Waals surface area contributed by atoms with Gasteiger partial charge in [0.1, 0.15) is 0 Å². The Bertz CT molecular complexity index is 425. The molecule has 1 heterocycles. The molecule has 1 fully saturated rings. The van der Waals surface area contributed by atoms with Crippen molar-refractivity contribution in [2.75, 3.05) is 30.3 Å². The SMILES string of the molecule is CCN(C(=O)N1CCCCCC1)c1cccc(N)c1. The lowest BCUT2D eigenvalue weighted by Crippen LogP contribution is -2.43. The van der Waals surface area contributed by atoms with Gasteiger partial charge in [0.25, 0.3) is 0 Å². The van der Waals surface area contributed by atoms with Gasteiger partial charge in [0, 0.05) is 31.0 Å². The van der Waals surface area contributed by atoms with Crippen LogP contribution in [0.4, 0.5) is 16.2 Å². The molecule has 1 aromatic rings. The molecule has 0 saturated carbocycles. The quantitative estimate of drug-likeness (QED) is 0.832. The number of urea groups is 1. The van der Waals surface area contributed by atoms with Gasteiger partial charge in [0.15, 0.2) is 0 Å². The standard InChI is InChI=1S/C15H23N3O/c1-2-18(14-9-7-8-13(16)12-14)15(19)17-10-5-3-4-6-11-17/h7-9,12H,2-6,10-11,16H2,1H3. The Kier molecular flexibility index (Phi) is 4.66. The molecule has 0 unspecified atom stereocenters. The van der Waals surface area contributed by atoms with E-state index >= 15 is 0 Å². The topological polar surface area (TPSA) is 49.6 Å². The van der Waals surface area contributed by atoms with Crippen LogP contribution in [0.3, 0.4) is 0 Å². The molecular weight excluding hydrogens is 238 g/mol. The first-order chi connectivity index (χ1) is 9.22. The normalized spacial score (nSPS) is 15.9. The Balaban J connectivity index is 2.14. The van der Waals surface area contributed by atoms with E-state index in [-0.39, 0.29) is 6.03 Å². The van der Waals surface area contributed by atoms with Crippen LogP contribution in [0.1, 0.15) is 32.6 Å². The molecule has 1 aliphatic heterocycles. The Morgan fingerprint density at radius 1 is 1.26 bits per heavy atom. The Morgan fingerprint density at radius 3 is 2.53 bits per heavy atom. The van der Waals surface area contributed by atoms with E-state index in [2.05, 4.69) is 0 Å². The van der Waals surface area contributed by atoms with E-state index in [0.29, 0.717) is 12.2 Å². The number of nitrogens with two attached hydrogens (primary N) is 1. The van der Waals surface area contributed by atoms with Crippen molar-refractivity contribution in [3.05, 3.63) is 24.3 Å². The summed E-state index contributed by atoms with van der Waals surface area (Å²) in [4.78, 5) is 16.4. The summed E-state index contributed by atoms with van der Waals surface area (Å²) in [7, 11) is 0. The zero-order valence-electron chi connectivity index (χ0n) is 11.6. The minimum absolute atomic E-state index is 0.106. The van der Waals surface area contributed by atoms with E-state index in [1.54, 1.807) is 0 Å². The molecule has 4 heteroatoms. The summed E-state index contributed by atoms with van der Waals surface area (Å²) < 4.78 is 0. The van der Waals surface area contributed by atoms with Gasteiger partial charge in [0.2, 0.25) is 0 Å². The second-order valence-electron chi connectivity index (χ2n) is 5.02. The maximum atomic E-state index is 12.6. The zero-order chi connectivity index (χ0) is 13.7. The van der Waals surface area contributed by atoms with Crippen molar-refractivity contribution in [3.8, 4) is 0 Å². The van der Waals surface area contributed by atoms with E-state index in [1.165, 1.54) is 12.8 Å². The van der Waals surface area contributed by atoms with Gasteiger partial charge in [-0.1, -0.05) is 18.9 Å². The number of carbonyl (C=O) groups excluding carboxylic acids is 1. The van der Waals surface area contributed by atoms with Crippen molar-refractivity contribution in [2.24, 2.45) is 0 Å². The van der Waals surface area contributed by atoms with E-state index in [9.17, 15) is 4.79 Å². The molecule has 1 aromatic carbocycles. The minimum atomic E-state index is 0.106. The number of amides is 2. The lowest BCUT2D eigenvalue weighted by Gasteiger charge is -2.29. The first-order valence-electron chi connectivity index (χ1n) is 7.14. The number of anilines is 2. The predicted molar refractivity (Wildman–Crippen MR) is 79.3 cm³/mol. The summed E-state index contributed by atoms with van der Waals surface area (Å²) in [6, 6.07) is 7.64. The number of carbonyl (C=O) groups is 1. The molecule has 0 aliphatic carbocycles. The number of hydrogen-bond acceptors (Lipinski definition) is 2. The largest absolute Gasteiger partial charge is 0.399 e. The second-order valence-corrected chi connectivity index (χ2v) is 5.02. The average molecular weight is 261 g/mol. The third-order valence-electron chi connectivity index (χ3n) is 3.61. The summed E-state index contributed by atoms with van der Waals surface area (Å²) in [6.07, 6.45) is 4.68. The fourth-order valence-electron chi connectivity index (χ4n) is 2.55. The summed E-state index contributed by atoms with van der Waals surface area (Å²) in [5.74, 6) is 0. The van der Waals surface area contributed by atoms with Gasteiger partial charge < -0.3 is 10.6 Å². The second kappa shape index (κ2) is 6.45. The van der Waals surface area contributed by atoms with Crippen molar-refractivity contribution in [3.63, 3.8) is 0 Å². The number of likely N-dealkylation sites (tertiary alicyclic amines) is 1. The van der Waals surface area contributed by atoms with Gasteiger partial charge in [-0.3, -0.25) is 4.90 Å². The van der Waals surface area contributed by atoms with Crippen LogP contribution in [0.5, 0.6) is 0 Å². The Labute approximate surface area is 115 Å². The van der Waals surface area contributed by atoms with Crippen LogP contribution in [0.15, 0.2) is 24.3 Å². The molecule has 0 atom stereocenters. The Hall–Kier alpha value is -1.71. The molecule has 2 rings (SSSR count). The first-order valence-corrected chi connectivity index (χ1v) is 7.14. The highest BCUT2D eigenvalue weighted by Crippen LogP contribution is 2.20. The van der Waals surface area contributed by atoms with Gasteiger partial charge in [-0.2, -0.15) is 0 Å². The van der Waals surface area contributed by atoms with Gasteiger partial charge >= 0.3 is 6.03 Å². The molecule has 0 aromatic heterocycles. The van der Waals surface area contributed by atoms with Crippen molar-refractivity contribution in [1.82, 2.24) is 4.90 Å². The number of nitrogens with zero attached hydrogens (tertiary/aromatic N) is 2. The zero-order valence-corrected chi connectivity index (χ0v) is 11.6. The molecule has 104 valence electrons. The summed E-state index contributed by atoms with van der Waals surface area (Å²) in [5, 5.41) is 0. The summed E-state index contributed by atoms with van der Waals surface area (Å²) in [6.45, 7) is 4.41. The minimum Gasteiger partial charge on any atom is -0.399 e. The van der Waals surface area contributed by atoms with Crippen molar-refractivity contribution in [2.45, 2.75) is 32.6 Å². The number of nitrogen functional groups attached to an aromatic ring is 1. The van der Waals surface area contributed by atoms with E-state index in [4.69, 9.17) is 5.73 Å². The van der Waals surface area contributed by atoms with Crippen LogP contribution in [0, 0.1) is 0 Å². The van der Waals surface area contributed by atoms with Gasteiger partial charge in [-0.15, -0.1) is 0 Å². The monoisotopic (exact) mass is 261 g/mol. The maximum absolute atomic E-state index is 12.6. The van der Waals surface area contributed by atoms with Crippen LogP contribution in [-0.2, 0) is 0 Å². The van der Waals surface area contributed by atoms with Gasteiger partial charge in [0.05, 0.1) is 0 Å².